The first kappa shape index (κ1) is 21.3. The lowest BCUT2D eigenvalue weighted by molar-refractivity contribution is 0.388. The van der Waals surface area contributed by atoms with Crippen molar-refractivity contribution in [1.29, 1.82) is 0 Å². The SMILES string of the molecule is CCCCCCCCCCN=C(N)N1CCCCCCCCCC1. The minimum Gasteiger partial charge on any atom is -0.370 e. The summed E-state index contributed by atoms with van der Waals surface area (Å²) in [5.41, 5.74) is 6.27. The van der Waals surface area contributed by atoms with Crippen LogP contribution in [0.1, 0.15) is 110 Å². The zero-order chi connectivity index (χ0) is 17.3. The Morgan fingerprint density at radius 3 is 1.71 bits per heavy atom. The van der Waals surface area contributed by atoms with Gasteiger partial charge in [-0.1, -0.05) is 90.4 Å². The second-order valence-electron chi connectivity index (χ2n) is 7.53. The minimum absolute atomic E-state index is 0.803. The van der Waals surface area contributed by atoms with Crippen LogP contribution >= 0.6 is 0 Å². The molecule has 0 aromatic rings. The van der Waals surface area contributed by atoms with Gasteiger partial charge in [-0.15, -0.1) is 0 Å². The van der Waals surface area contributed by atoms with Crippen molar-refractivity contribution in [3.05, 3.63) is 0 Å². The summed E-state index contributed by atoms with van der Waals surface area (Å²) in [5.74, 6) is 0.803. The molecule has 1 saturated heterocycles. The lowest BCUT2D eigenvalue weighted by Crippen LogP contribution is -2.39. The fourth-order valence-corrected chi connectivity index (χ4v) is 3.55. The summed E-state index contributed by atoms with van der Waals surface area (Å²) < 4.78 is 0. The Morgan fingerprint density at radius 1 is 0.708 bits per heavy atom. The van der Waals surface area contributed by atoms with E-state index in [2.05, 4.69) is 16.8 Å². The fraction of sp³-hybridized carbons (Fsp3) is 0.952. The first-order valence-electron chi connectivity index (χ1n) is 10.9. The van der Waals surface area contributed by atoms with Crippen LogP contribution in [-0.4, -0.2) is 30.5 Å². The number of nitrogens with two attached hydrogens (primary N) is 1. The van der Waals surface area contributed by atoms with Gasteiger partial charge in [-0.05, 0) is 19.3 Å². The molecule has 0 radical (unpaired) electrons. The van der Waals surface area contributed by atoms with E-state index >= 15 is 0 Å². The van der Waals surface area contributed by atoms with Crippen molar-refractivity contribution >= 4 is 5.96 Å². The van der Waals surface area contributed by atoms with Gasteiger partial charge >= 0.3 is 0 Å². The number of hydrogen-bond donors (Lipinski definition) is 1. The number of aliphatic imine (C=N–C) groups is 1. The maximum Gasteiger partial charge on any atom is 0.191 e. The molecule has 0 bridgehead atoms. The van der Waals surface area contributed by atoms with Crippen molar-refractivity contribution in [2.75, 3.05) is 19.6 Å². The van der Waals surface area contributed by atoms with Gasteiger partial charge in [-0.25, -0.2) is 0 Å². The molecule has 0 atom stereocenters. The molecule has 2 N–H and O–H groups in total. The van der Waals surface area contributed by atoms with E-state index in [0.29, 0.717) is 0 Å². The molecule has 0 unspecified atom stereocenters. The number of unbranched alkanes of at least 4 members (excludes halogenated alkanes) is 7. The van der Waals surface area contributed by atoms with E-state index in [4.69, 9.17) is 5.73 Å². The van der Waals surface area contributed by atoms with Crippen LogP contribution in [0.2, 0.25) is 0 Å². The molecule has 0 amide bonds. The number of nitrogens with zero attached hydrogens (tertiary/aromatic N) is 2. The molecule has 0 aliphatic carbocycles. The highest BCUT2D eigenvalue weighted by Gasteiger charge is 2.08. The Hall–Kier alpha value is -0.730. The van der Waals surface area contributed by atoms with E-state index in [9.17, 15) is 0 Å². The Kier molecular flexibility index (Phi) is 14.0. The first-order chi connectivity index (χ1) is 11.8. The van der Waals surface area contributed by atoms with E-state index in [1.807, 2.05) is 0 Å². The van der Waals surface area contributed by atoms with Crippen molar-refractivity contribution in [2.45, 2.75) is 110 Å². The van der Waals surface area contributed by atoms with Crippen LogP contribution in [0.4, 0.5) is 0 Å². The molecule has 1 rings (SSSR count). The molecule has 0 spiro atoms. The average molecular weight is 338 g/mol. The van der Waals surface area contributed by atoms with Gasteiger partial charge in [0.15, 0.2) is 5.96 Å². The monoisotopic (exact) mass is 337 g/mol. The molecule has 1 aliphatic rings. The molecule has 3 nitrogen and oxygen atoms in total. The van der Waals surface area contributed by atoms with Crippen molar-refractivity contribution < 1.29 is 0 Å². The first-order valence-corrected chi connectivity index (χ1v) is 10.9. The lowest BCUT2D eigenvalue weighted by atomic mass is 10.1. The van der Waals surface area contributed by atoms with Crippen LogP contribution in [0.5, 0.6) is 0 Å². The van der Waals surface area contributed by atoms with Crippen LogP contribution in [0.25, 0.3) is 0 Å². The third kappa shape index (κ3) is 11.8. The third-order valence-electron chi connectivity index (χ3n) is 5.22. The summed E-state index contributed by atoms with van der Waals surface area (Å²) in [5, 5.41) is 0. The highest BCUT2D eigenvalue weighted by molar-refractivity contribution is 5.78. The summed E-state index contributed by atoms with van der Waals surface area (Å²) in [6, 6.07) is 0. The van der Waals surface area contributed by atoms with Gasteiger partial charge in [0.1, 0.15) is 0 Å². The zero-order valence-corrected chi connectivity index (χ0v) is 16.4. The average Bonchev–Trinajstić information content (AvgIpc) is 2.65. The van der Waals surface area contributed by atoms with E-state index < -0.39 is 0 Å². The number of hydrogen-bond acceptors (Lipinski definition) is 1. The molecule has 3 heteroatoms. The summed E-state index contributed by atoms with van der Waals surface area (Å²) in [6.07, 6.45) is 21.7. The highest BCUT2D eigenvalue weighted by atomic mass is 15.2. The normalized spacial score (nSPS) is 18.4. The molecule has 0 aromatic carbocycles. The van der Waals surface area contributed by atoms with Gasteiger partial charge in [0.25, 0.3) is 0 Å². The summed E-state index contributed by atoms with van der Waals surface area (Å²) >= 11 is 0. The maximum atomic E-state index is 6.27. The largest absolute Gasteiger partial charge is 0.370 e. The van der Waals surface area contributed by atoms with Gasteiger partial charge in [0.05, 0.1) is 0 Å². The molecule has 1 heterocycles. The Balaban J connectivity index is 2.14. The van der Waals surface area contributed by atoms with Gasteiger partial charge in [-0.3, -0.25) is 4.99 Å². The maximum absolute atomic E-state index is 6.27. The Morgan fingerprint density at radius 2 is 1.17 bits per heavy atom. The summed E-state index contributed by atoms with van der Waals surface area (Å²) in [4.78, 5) is 7.01. The van der Waals surface area contributed by atoms with E-state index in [1.165, 1.54) is 103 Å². The van der Waals surface area contributed by atoms with Crippen LogP contribution in [-0.2, 0) is 0 Å². The van der Waals surface area contributed by atoms with E-state index in [-0.39, 0.29) is 0 Å². The summed E-state index contributed by atoms with van der Waals surface area (Å²) in [6.45, 7) is 5.40. The minimum atomic E-state index is 0.803. The van der Waals surface area contributed by atoms with Crippen molar-refractivity contribution in [1.82, 2.24) is 4.90 Å². The number of rotatable bonds is 9. The Labute approximate surface area is 151 Å². The standard InChI is InChI=1S/C21H43N3/c1-2-3-4-5-6-9-12-15-18-23-21(22)24-19-16-13-10-7-8-11-14-17-20-24/h2-20H2,1H3,(H2,22,23). The van der Waals surface area contributed by atoms with Crippen molar-refractivity contribution in [3.8, 4) is 0 Å². The van der Waals surface area contributed by atoms with E-state index in [0.717, 1.165) is 25.6 Å². The van der Waals surface area contributed by atoms with Gasteiger partial charge in [-0.2, -0.15) is 0 Å². The molecule has 1 fully saturated rings. The molecule has 0 saturated carbocycles. The number of guanidine groups is 1. The highest BCUT2D eigenvalue weighted by Crippen LogP contribution is 2.12. The lowest BCUT2D eigenvalue weighted by Gasteiger charge is -2.23. The zero-order valence-electron chi connectivity index (χ0n) is 16.4. The quantitative estimate of drug-likeness (QED) is 0.324. The predicted molar refractivity (Wildman–Crippen MR) is 108 cm³/mol. The van der Waals surface area contributed by atoms with Crippen LogP contribution in [0, 0.1) is 0 Å². The molecule has 142 valence electrons. The molecular weight excluding hydrogens is 294 g/mol. The summed E-state index contributed by atoms with van der Waals surface area (Å²) in [7, 11) is 0. The van der Waals surface area contributed by atoms with Crippen molar-refractivity contribution in [3.63, 3.8) is 0 Å². The third-order valence-corrected chi connectivity index (χ3v) is 5.22. The van der Waals surface area contributed by atoms with Gasteiger partial charge < -0.3 is 10.6 Å². The molecule has 1 aliphatic heterocycles. The van der Waals surface area contributed by atoms with Gasteiger partial charge in [0, 0.05) is 19.6 Å². The topological polar surface area (TPSA) is 41.6 Å². The van der Waals surface area contributed by atoms with Crippen molar-refractivity contribution in [2.24, 2.45) is 10.7 Å². The second-order valence-corrected chi connectivity index (χ2v) is 7.53. The molecular formula is C21H43N3. The van der Waals surface area contributed by atoms with Crippen LogP contribution in [0.3, 0.4) is 0 Å². The van der Waals surface area contributed by atoms with Gasteiger partial charge in [0.2, 0.25) is 0 Å². The molecule has 0 aromatic heterocycles. The smallest absolute Gasteiger partial charge is 0.191 e. The predicted octanol–water partition coefficient (Wildman–Crippen LogP) is 5.88. The van der Waals surface area contributed by atoms with Crippen LogP contribution < -0.4 is 5.73 Å². The molecule has 24 heavy (non-hydrogen) atoms. The second kappa shape index (κ2) is 15.8. The van der Waals surface area contributed by atoms with E-state index in [1.54, 1.807) is 0 Å². The fourth-order valence-electron chi connectivity index (χ4n) is 3.55. The van der Waals surface area contributed by atoms with Crippen LogP contribution in [0.15, 0.2) is 4.99 Å². The Bertz CT molecular complexity index is 289.